The number of hydrogen-bond acceptors (Lipinski definition) is 3. The van der Waals surface area contributed by atoms with Crippen LogP contribution < -0.4 is 5.43 Å². The van der Waals surface area contributed by atoms with Crippen molar-refractivity contribution in [2.75, 3.05) is 0 Å². The van der Waals surface area contributed by atoms with Gasteiger partial charge in [-0.1, -0.05) is 58.5 Å². The van der Waals surface area contributed by atoms with Gasteiger partial charge in [0, 0.05) is 20.6 Å². The van der Waals surface area contributed by atoms with Crippen molar-refractivity contribution in [3.8, 4) is 6.07 Å². The van der Waals surface area contributed by atoms with E-state index >= 15 is 0 Å². The fraction of sp³-hybridized carbons (Fsp3) is 0. The molecule has 1 N–H and O–H groups in total. The minimum Gasteiger partial charge on any atom is -0.267 e. The summed E-state index contributed by atoms with van der Waals surface area (Å²) in [6, 6.07) is 11.4. The SMILES string of the molecule is N#C/C(=C\c1ccc(Cl)cc1Cl)C(=O)N/N=C\c1ccc(Cl)cc1Cl. The van der Waals surface area contributed by atoms with Crippen LogP contribution in [0.15, 0.2) is 47.1 Å². The number of amides is 1. The highest BCUT2D eigenvalue weighted by atomic mass is 35.5. The molecule has 0 aliphatic rings. The van der Waals surface area contributed by atoms with Crippen LogP contribution in [0.4, 0.5) is 0 Å². The Labute approximate surface area is 164 Å². The van der Waals surface area contributed by atoms with Gasteiger partial charge in [-0.05, 0) is 35.9 Å². The molecule has 0 atom stereocenters. The van der Waals surface area contributed by atoms with Gasteiger partial charge < -0.3 is 0 Å². The molecule has 2 aromatic carbocycles. The van der Waals surface area contributed by atoms with Crippen LogP contribution in [0.25, 0.3) is 6.08 Å². The van der Waals surface area contributed by atoms with Crippen molar-refractivity contribution in [1.82, 2.24) is 5.43 Å². The van der Waals surface area contributed by atoms with Crippen molar-refractivity contribution in [2.24, 2.45) is 5.10 Å². The standard InChI is InChI=1S/C17H9Cl4N3O/c18-13-3-1-10(15(20)6-13)5-12(8-22)17(25)24-23-9-11-2-4-14(19)7-16(11)21/h1-7,9H,(H,24,25)/b12-5+,23-9-. The lowest BCUT2D eigenvalue weighted by Crippen LogP contribution is -2.19. The lowest BCUT2D eigenvalue weighted by Gasteiger charge is -2.02. The molecule has 0 bridgehead atoms. The Hall–Kier alpha value is -2.03. The number of carbonyl (C=O) groups excluding carboxylic acids is 1. The van der Waals surface area contributed by atoms with Crippen LogP contribution in [0.2, 0.25) is 20.1 Å². The first kappa shape index (κ1) is 19.3. The van der Waals surface area contributed by atoms with Crippen molar-refractivity contribution < 1.29 is 4.79 Å². The first-order valence-electron chi connectivity index (χ1n) is 6.76. The zero-order valence-electron chi connectivity index (χ0n) is 12.4. The molecule has 0 spiro atoms. The van der Waals surface area contributed by atoms with Crippen LogP contribution in [0.3, 0.4) is 0 Å². The lowest BCUT2D eigenvalue weighted by molar-refractivity contribution is -0.117. The van der Waals surface area contributed by atoms with E-state index < -0.39 is 5.91 Å². The molecule has 2 aromatic rings. The lowest BCUT2D eigenvalue weighted by atomic mass is 10.1. The first-order valence-corrected chi connectivity index (χ1v) is 8.27. The zero-order chi connectivity index (χ0) is 18.4. The Kier molecular flexibility index (Phi) is 6.86. The molecule has 0 aliphatic carbocycles. The van der Waals surface area contributed by atoms with Gasteiger partial charge in [-0.3, -0.25) is 4.79 Å². The summed E-state index contributed by atoms with van der Waals surface area (Å²) in [5.74, 6) is -0.685. The van der Waals surface area contributed by atoms with E-state index in [0.717, 1.165) is 0 Å². The van der Waals surface area contributed by atoms with Gasteiger partial charge >= 0.3 is 0 Å². The summed E-state index contributed by atoms with van der Waals surface area (Å²) in [6.07, 6.45) is 2.69. The zero-order valence-corrected chi connectivity index (χ0v) is 15.5. The number of carbonyl (C=O) groups is 1. The molecule has 0 saturated carbocycles. The van der Waals surface area contributed by atoms with Crippen molar-refractivity contribution in [1.29, 1.82) is 5.26 Å². The van der Waals surface area contributed by atoms with Gasteiger partial charge in [-0.25, -0.2) is 5.43 Å². The molecule has 0 aliphatic heterocycles. The third kappa shape index (κ3) is 5.48. The van der Waals surface area contributed by atoms with E-state index in [0.29, 0.717) is 31.2 Å². The quantitative estimate of drug-likeness (QED) is 0.318. The maximum atomic E-state index is 12.0. The summed E-state index contributed by atoms with van der Waals surface area (Å²) < 4.78 is 0. The van der Waals surface area contributed by atoms with Gasteiger partial charge in [-0.2, -0.15) is 10.4 Å². The Morgan fingerprint density at radius 3 is 2.08 bits per heavy atom. The molecule has 0 radical (unpaired) electrons. The third-order valence-corrected chi connectivity index (χ3v) is 4.08. The largest absolute Gasteiger partial charge is 0.282 e. The smallest absolute Gasteiger partial charge is 0.267 e. The number of nitrogens with one attached hydrogen (secondary N) is 1. The number of hydrogen-bond donors (Lipinski definition) is 1. The molecule has 0 aromatic heterocycles. The second-order valence-corrected chi connectivity index (χ2v) is 6.39. The third-order valence-electron chi connectivity index (χ3n) is 2.96. The van der Waals surface area contributed by atoms with E-state index in [-0.39, 0.29) is 5.57 Å². The number of hydrazone groups is 1. The normalized spacial score (nSPS) is 11.4. The highest BCUT2D eigenvalue weighted by Crippen LogP contribution is 2.23. The van der Waals surface area contributed by atoms with Gasteiger partial charge in [0.15, 0.2) is 0 Å². The Bertz CT molecular complexity index is 917. The second-order valence-electron chi connectivity index (χ2n) is 4.70. The summed E-state index contributed by atoms with van der Waals surface area (Å²) in [7, 11) is 0. The van der Waals surface area contributed by atoms with E-state index in [1.54, 1.807) is 36.4 Å². The maximum absolute atomic E-state index is 12.0. The number of benzene rings is 2. The fourth-order valence-electron chi connectivity index (χ4n) is 1.75. The van der Waals surface area contributed by atoms with Crippen molar-refractivity contribution in [2.45, 2.75) is 0 Å². The van der Waals surface area contributed by atoms with Gasteiger partial charge in [-0.15, -0.1) is 0 Å². The predicted octanol–water partition coefficient (Wildman–Crippen LogP) is 5.36. The van der Waals surface area contributed by atoms with Gasteiger partial charge in [0.2, 0.25) is 0 Å². The fourth-order valence-corrected chi connectivity index (χ4v) is 2.67. The highest BCUT2D eigenvalue weighted by Gasteiger charge is 2.09. The molecule has 0 heterocycles. The van der Waals surface area contributed by atoms with Crippen molar-refractivity contribution in [3.63, 3.8) is 0 Å². The van der Waals surface area contributed by atoms with Gasteiger partial charge in [0.25, 0.3) is 5.91 Å². The number of halogens is 4. The Morgan fingerprint density at radius 1 is 1.00 bits per heavy atom. The predicted molar refractivity (Wildman–Crippen MR) is 102 cm³/mol. The van der Waals surface area contributed by atoms with Crippen LogP contribution in [0.5, 0.6) is 0 Å². The maximum Gasteiger partial charge on any atom is 0.282 e. The van der Waals surface area contributed by atoms with Crippen LogP contribution in [0.1, 0.15) is 11.1 Å². The van der Waals surface area contributed by atoms with Gasteiger partial charge in [0.1, 0.15) is 11.6 Å². The first-order chi connectivity index (χ1) is 11.9. The van der Waals surface area contributed by atoms with E-state index in [2.05, 4.69) is 10.5 Å². The highest BCUT2D eigenvalue weighted by molar-refractivity contribution is 6.36. The average molecular weight is 413 g/mol. The van der Waals surface area contributed by atoms with Crippen LogP contribution in [-0.4, -0.2) is 12.1 Å². The summed E-state index contributed by atoms with van der Waals surface area (Å²) in [5, 5.41) is 14.6. The second kappa shape index (κ2) is 8.89. The molecule has 25 heavy (non-hydrogen) atoms. The van der Waals surface area contributed by atoms with E-state index in [1.807, 2.05) is 0 Å². The number of nitriles is 1. The molecule has 8 heteroatoms. The van der Waals surface area contributed by atoms with E-state index in [4.69, 9.17) is 51.7 Å². The van der Waals surface area contributed by atoms with Crippen molar-refractivity contribution in [3.05, 3.63) is 73.2 Å². The molecule has 2 rings (SSSR count). The average Bonchev–Trinajstić information content (AvgIpc) is 2.56. The molecule has 1 amide bonds. The molecular weight excluding hydrogens is 404 g/mol. The minimum atomic E-state index is -0.685. The van der Waals surface area contributed by atoms with Crippen LogP contribution in [-0.2, 0) is 4.79 Å². The Balaban J connectivity index is 2.13. The minimum absolute atomic E-state index is 0.163. The van der Waals surface area contributed by atoms with Crippen molar-refractivity contribution >= 4 is 64.6 Å². The van der Waals surface area contributed by atoms with Crippen LogP contribution >= 0.6 is 46.4 Å². The molecule has 0 fully saturated rings. The molecule has 4 nitrogen and oxygen atoms in total. The topological polar surface area (TPSA) is 65.2 Å². The number of nitrogens with zero attached hydrogens (tertiary/aromatic N) is 2. The molecular formula is C17H9Cl4N3O. The monoisotopic (exact) mass is 411 g/mol. The molecule has 0 unspecified atom stereocenters. The van der Waals surface area contributed by atoms with Crippen LogP contribution in [0, 0.1) is 11.3 Å². The van der Waals surface area contributed by atoms with E-state index in [1.165, 1.54) is 18.4 Å². The summed E-state index contributed by atoms with van der Waals surface area (Å²) >= 11 is 23.6. The molecule has 0 saturated heterocycles. The Morgan fingerprint density at radius 2 is 1.56 bits per heavy atom. The van der Waals surface area contributed by atoms with E-state index in [9.17, 15) is 4.79 Å². The summed E-state index contributed by atoms with van der Waals surface area (Å²) in [4.78, 5) is 12.0. The van der Waals surface area contributed by atoms with Gasteiger partial charge in [0.05, 0.1) is 11.2 Å². The molecule has 126 valence electrons. The summed E-state index contributed by atoms with van der Waals surface area (Å²) in [6.45, 7) is 0. The summed E-state index contributed by atoms with van der Waals surface area (Å²) in [5.41, 5.74) is 3.14. The number of rotatable bonds is 4.